The highest BCUT2D eigenvalue weighted by Gasteiger charge is 2.06. The monoisotopic (exact) mass is 323 g/mol. The third-order valence-corrected chi connectivity index (χ3v) is 3.43. The molecule has 2 rings (SSSR count). The Morgan fingerprint density at radius 2 is 2.21 bits per heavy atom. The van der Waals surface area contributed by atoms with Crippen LogP contribution in [0.15, 0.2) is 34.9 Å². The number of nitrogens with zero attached hydrogens (tertiary/aromatic N) is 2. The minimum atomic E-state index is -0.923. The number of nitrogens with one attached hydrogen (secondary N) is 1. The minimum absolute atomic E-state index is 0.278. The molecule has 6 heteroatoms. The van der Waals surface area contributed by atoms with Crippen molar-refractivity contribution in [2.45, 2.75) is 13.1 Å². The lowest BCUT2D eigenvalue weighted by Crippen LogP contribution is -2.14. The van der Waals surface area contributed by atoms with E-state index in [1.54, 1.807) is 22.9 Å². The van der Waals surface area contributed by atoms with Gasteiger partial charge in [-0.15, -0.1) is 0 Å². The van der Waals surface area contributed by atoms with Gasteiger partial charge in [0, 0.05) is 30.8 Å². The van der Waals surface area contributed by atoms with Crippen LogP contribution in [0.1, 0.15) is 21.6 Å². The summed E-state index contributed by atoms with van der Waals surface area (Å²) >= 11 is 3.38. The topological polar surface area (TPSA) is 67.2 Å². The number of aromatic carboxylic acids is 1. The van der Waals surface area contributed by atoms with Crippen molar-refractivity contribution < 1.29 is 9.90 Å². The molecular weight excluding hydrogens is 310 g/mol. The van der Waals surface area contributed by atoms with E-state index in [4.69, 9.17) is 5.11 Å². The molecule has 1 heterocycles. The predicted octanol–water partition coefficient (Wildman–Crippen LogP) is 2.17. The number of aryl methyl sites for hydroxylation is 1. The zero-order chi connectivity index (χ0) is 13.8. The quantitative estimate of drug-likeness (QED) is 0.885. The molecule has 0 radical (unpaired) electrons. The fraction of sp³-hybridized carbons (Fsp3) is 0.231. The standard InChI is InChI=1S/C13H14BrN3O2/c1-17-5-4-11(16-17)8-15-7-10-3-2-9(13(18)19)6-12(10)14/h2-6,15H,7-8H2,1H3,(H,18,19). The number of hydrogen-bond donors (Lipinski definition) is 2. The Balaban J connectivity index is 1.94. The number of hydrogen-bond acceptors (Lipinski definition) is 3. The molecule has 0 amide bonds. The van der Waals surface area contributed by atoms with E-state index < -0.39 is 5.97 Å². The third kappa shape index (κ3) is 3.65. The van der Waals surface area contributed by atoms with Crippen LogP contribution in [0.4, 0.5) is 0 Å². The lowest BCUT2D eigenvalue weighted by molar-refractivity contribution is 0.0697. The third-order valence-electron chi connectivity index (χ3n) is 2.69. The molecule has 100 valence electrons. The lowest BCUT2D eigenvalue weighted by atomic mass is 10.1. The highest BCUT2D eigenvalue weighted by atomic mass is 79.9. The molecule has 0 saturated heterocycles. The SMILES string of the molecule is Cn1ccc(CNCc2ccc(C(=O)O)cc2Br)n1. The van der Waals surface area contributed by atoms with Crippen molar-refractivity contribution in [1.82, 2.24) is 15.1 Å². The maximum absolute atomic E-state index is 10.8. The van der Waals surface area contributed by atoms with E-state index in [-0.39, 0.29) is 5.56 Å². The summed E-state index contributed by atoms with van der Waals surface area (Å²) in [6, 6.07) is 6.97. The largest absolute Gasteiger partial charge is 0.478 e. The van der Waals surface area contributed by atoms with Gasteiger partial charge in [-0.05, 0) is 23.8 Å². The van der Waals surface area contributed by atoms with Crippen molar-refractivity contribution in [3.63, 3.8) is 0 Å². The Labute approximate surface area is 119 Å². The summed E-state index contributed by atoms with van der Waals surface area (Å²) in [7, 11) is 1.88. The zero-order valence-electron chi connectivity index (χ0n) is 10.4. The van der Waals surface area contributed by atoms with Crippen molar-refractivity contribution in [3.05, 3.63) is 51.8 Å². The molecule has 0 fully saturated rings. The van der Waals surface area contributed by atoms with Crippen LogP contribution in [0, 0.1) is 0 Å². The average molecular weight is 324 g/mol. The second kappa shape index (κ2) is 5.99. The van der Waals surface area contributed by atoms with Crippen LogP contribution in [-0.4, -0.2) is 20.9 Å². The van der Waals surface area contributed by atoms with E-state index >= 15 is 0 Å². The van der Waals surface area contributed by atoms with E-state index in [1.165, 1.54) is 0 Å². The van der Waals surface area contributed by atoms with Crippen molar-refractivity contribution >= 4 is 21.9 Å². The normalized spacial score (nSPS) is 10.6. The number of carboxylic acid groups (broad SMARTS) is 1. The van der Waals surface area contributed by atoms with E-state index in [0.29, 0.717) is 13.1 Å². The van der Waals surface area contributed by atoms with Gasteiger partial charge < -0.3 is 10.4 Å². The van der Waals surface area contributed by atoms with E-state index in [1.807, 2.05) is 19.3 Å². The lowest BCUT2D eigenvalue weighted by Gasteiger charge is -2.06. The molecule has 0 bridgehead atoms. The Bertz CT molecular complexity index is 595. The van der Waals surface area contributed by atoms with Gasteiger partial charge in [-0.1, -0.05) is 22.0 Å². The maximum atomic E-state index is 10.8. The van der Waals surface area contributed by atoms with Gasteiger partial charge in [-0.3, -0.25) is 4.68 Å². The molecule has 2 N–H and O–H groups in total. The van der Waals surface area contributed by atoms with Gasteiger partial charge in [0.05, 0.1) is 11.3 Å². The Morgan fingerprint density at radius 3 is 2.79 bits per heavy atom. The molecule has 19 heavy (non-hydrogen) atoms. The first-order valence-electron chi connectivity index (χ1n) is 5.77. The molecule has 0 aliphatic rings. The summed E-state index contributed by atoms with van der Waals surface area (Å²) in [5.41, 5.74) is 2.27. The number of benzene rings is 1. The first-order chi connectivity index (χ1) is 9.06. The Hall–Kier alpha value is -1.66. The van der Waals surface area contributed by atoms with Crippen LogP contribution in [0.5, 0.6) is 0 Å². The molecule has 0 spiro atoms. The van der Waals surface area contributed by atoms with Gasteiger partial charge in [0.2, 0.25) is 0 Å². The fourth-order valence-electron chi connectivity index (χ4n) is 1.71. The van der Waals surface area contributed by atoms with Crippen LogP contribution in [-0.2, 0) is 20.1 Å². The highest BCUT2D eigenvalue weighted by molar-refractivity contribution is 9.10. The van der Waals surface area contributed by atoms with E-state index in [2.05, 4.69) is 26.3 Å². The summed E-state index contributed by atoms with van der Waals surface area (Å²) in [6.45, 7) is 1.32. The van der Waals surface area contributed by atoms with Gasteiger partial charge >= 0.3 is 5.97 Å². The summed E-state index contributed by atoms with van der Waals surface area (Å²) in [5.74, 6) is -0.923. The molecular formula is C13H14BrN3O2. The van der Waals surface area contributed by atoms with Crippen molar-refractivity contribution in [3.8, 4) is 0 Å². The second-order valence-electron chi connectivity index (χ2n) is 4.20. The van der Waals surface area contributed by atoms with Gasteiger partial charge in [0.15, 0.2) is 0 Å². The van der Waals surface area contributed by atoms with Crippen LogP contribution in [0.25, 0.3) is 0 Å². The van der Waals surface area contributed by atoms with Gasteiger partial charge in [0.1, 0.15) is 0 Å². The number of carbonyl (C=O) groups is 1. The molecule has 0 unspecified atom stereocenters. The zero-order valence-corrected chi connectivity index (χ0v) is 12.0. The van der Waals surface area contributed by atoms with Gasteiger partial charge in [-0.25, -0.2) is 4.79 Å². The Morgan fingerprint density at radius 1 is 1.42 bits per heavy atom. The van der Waals surface area contributed by atoms with Crippen LogP contribution < -0.4 is 5.32 Å². The smallest absolute Gasteiger partial charge is 0.335 e. The minimum Gasteiger partial charge on any atom is -0.478 e. The predicted molar refractivity (Wildman–Crippen MR) is 74.9 cm³/mol. The van der Waals surface area contributed by atoms with Gasteiger partial charge in [0.25, 0.3) is 0 Å². The van der Waals surface area contributed by atoms with Gasteiger partial charge in [-0.2, -0.15) is 5.10 Å². The molecule has 0 aliphatic heterocycles. The summed E-state index contributed by atoms with van der Waals surface area (Å²) in [4.78, 5) is 10.8. The fourth-order valence-corrected chi connectivity index (χ4v) is 2.23. The number of carboxylic acids is 1. The first-order valence-corrected chi connectivity index (χ1v) is 6.56. The van der Waals surface area contributed by atoms with E-state index in [9.17, 15) is 4.79 Å². The molecule has 2 aromatic rings. The summed E-state index contributed by atoms with van der Waals surface area (Å²) < 4.78 is 2.55. The van der Waals surface area contributed by atoms with Crippen molar-refractivity contribution in [1.29, 1.82) is 0 Å². The second-order valence-corrected chi connectivity index (χ2v) is 5.05. The average Bonchev–Trinajstić information content (AvgIpc) is 2.77. The number of aromatic nitrogens is 2. The number of halogens is 1. The molecule has 1 aromatic carbocycles. The Kier molecular flexibility index (Phi) is 4.34. The van der Waals surface area contributed by atoms with Crippen LogP contribution in [0.2, 0.25) is 0 Å². The van der Waals surface area contributed by atoms with Crippen LogP contribution in [0.3, 0.4) is 0 Å². The molecule has 0 atom stereocenters. The van der Waals surface area contributed by atoms with Crippen molar-refractivity contribution in [2.24, 2.45) is 7.05 Å². The first kappa shape index (κ1) is 13.8. The summed E-state index contributed by atoms with van der Waals surface area (Å²) in [6.07, 6.45) is 1.90. The maximum Gasteiger partial charge on any atom is 0.335 e. The number of rotatable bonds is 5. The summed E-state index contributed by atoms with van der Waals surface area (Å²) in [5, 5.41) is 16.4. The molecule has 5 nitrogen and oxygen atoms in total. The molecule has 0 saturated carbocycles. The van der Waals surface area contributed by atoms with Crippen molar-refractivity contribution in [2.75, 3.05) is 0 Å². The molecule has 0 aliphatic carbocycles. The van der Waals surface area contributed by atoms with E-state index in [0.717, 1.165) is 15.7 Å². The molecule has 1 aromatic heterocycles. The highest BCUT2D eigenvalue weighted by Crippen LogP contribution is 2.18. The van der Waals surface area contributed by atoms with Crippen LogP contribution >= 0.6 is 15.9 Å².